The van der Waals surface area contributed by atoms with E-state index in [-0.39, 0.29) is 10.9 Å². The van der Waals surface area contributed by atoms with Crippen LogP contribution in [0.2, 0.25) is 0 Å². The maximum absolute atomic E-state index is 13.3. The topological polar surface area (TPSA) is 49.4 Å². The van der Waals surface area contributed by atoms with Gasteiger partial charge in [-0.25, -0.2) is 17.5 Å². The Morgan fingerprint density at radius 2 is 1.70 bits per heavy atom. The second-order valence-corrected chi connectivity index (χ2v) is 7.22. The summed E-state index contributed by atoms with van der Waals surface area (Å²) in [6.45, 7) is 5.02. The largest absolute Gasteiger partial charge is 0.306 e. The van der Waals surface area contributed by atoms with Crippen molar-refractivity contribution < 1.29 is 12.8 Å². The van der Waals surface area contributed by atoms with Gasteiger partial charge in [-0.3, -0.25) is 0 Å². The van der Waals surface area contributed by atoms with Gasteiger partial charge in [0.2, 0.25) is 10.0 Å². The number of hydrogen-bond donors (Lipinski definition) is 1. The predicted molar refractivity (Wildman–Crippen MR) is 76.7 cm³/mol. The number of aryl methyl sites for hydroxylation is 2. The van der Waals surface area contributed by atoms with E-state index < -0.39 is 15.8 Å². The van der Waals surface area contributed by atoms with E-state index in [1.54, 1.807) is 13.8 Å². The smallest absolute Gasteiger partial charge is 0.241 e. The Kier molecular flexibility index (Phi) is 4.46. The Bertz CT molecular complexity index is 570. The highest BCUT2D eigenvalue weighted by Crippen LogP contribution is 2.22. The minimum Gasteiger partial charge on any atom is -0.306 e. The van der Waals surface area contributed by atoms with Crippen molar-refractivity contribution in [1.29, 1.82) is 0 Å². The van der Waals surface area contributed by atoms with Gasteiger partial charge >= 0.3 is 0 Å². The van der Waals surface area contributed by atoms with Crippen LogP contribution in [0.3, 0.4) is 0 Å². The first-order valence-corrected chi connectivity index (χ1v) is 8.25. The molecule has 0 radical (unpaired) electrons. The van der Waals surface area contributed by atoms with Crippen molar-refractivity contribution in [3.8, 4) is 0 Å². The van der Waals surface area contributed by atoms with Gasteiger partial charge in [0.25, 0.3) is 0 Å². The molecule has 1 N–H and O–H groups in total. The average molecular weight is 300 g/mol. The summed E-state index contributed by atoms with van der Waals surface area (Å²) in [4.78, 5) is 2.39. The van der Waals surface area contributed by atoms with Gasteiger partial charge in [-0.05, 0) is 70.1 Å². The standard InChI is InChI=1S/C14H21FN2O2S/c1-10-8-12(15)9-11(2)14(10)20(18,19)16-13-4-6-17(3)7-5-13/h8-9,13,16H,4-7H2,1-3H3. The van der Waals surface area contributed by atoms with Crippen LogP contribution in [0.25, 0.3) is 0 Å². The summed E-state index contributed by atoms with van der Waals surface area (Å²) < 4.78 is 41.0. The van der Waals surface area contributed by atoms with Crippen LogP contribution < -0.4 is 4.72 Å². The monoisotopic (exact) mass is 300 g/mol. The second-order valence-electron chi connectivity index (χ2n) is 5.57. The number of nitrogens with one attached hydrogen (secondary N) is 1. The Hall–Kier alpha value is -0.980. The lowest BCUT2D eigenvalue weighted by atomic mass is 10.1. The number of sulfonamides is 1. The van der Waals surface area contributed by atoms with Crippen molar-refractivity contribution in [2.75, 3.05) is 20.1 Å². The van der Waals surface area contributed by atoms with Gasteiger partial charge in [-0.2, -0.15) is 0 Å². The Morgan fingerprint density at radius 3 is 2.20 bits per heavy atom. The van der Waals surface area contributed by atoms with Gasteiger partial charge in [0.15, 0.2) is 0 Å². The molecule has 6 heteroatoms. The van der Waals surface area contributed by atoms with E-state index in [1.807, 2.05) is 7.05 Å². The van der Waals surface area contributed by atoms with Gasteiger partial charge in [0.05, 0.1) is 4.90 Å². The van der Waals surface area contributed by atoms with Gasteiger partial charge in [-0.15, -0.1) is 0 Å². The van der Waals surface area contributed by atoms with Gasteiger partial charge in [-0.1, -0.05) is 0 Å². The molecule has 0 aliphatic carbocycles. The van der Waals surface area contributed by atoms with Crippen molar-refractivity contribution in [2.45, 2.75) is 37.6 Å². The SMILES string of the molecule is Cc1cc(F)cc(C)c1S(=O)(=O)NC1CCN(C)CC1. The van der Waals surface area contributed by atoms with Crippen molar-refractivity contribution in [2.24, 2.45) is 0 Å². The molecule has 0 bridgehead atoms. The molecular weight excluding hydrogens is 279 g/mol. The van der Waals surface area contributed by atoms with Gasteiger partial charge in [0, 0.05) is 6.04 Å². The third-order valence-corrected chi connectivity index (χ3v) is 5.56. The number of halogens is 1. The lowest BCUT2D eigenvalue weighted by Crippen LogP contribution is -2.43. The number of benzene rings is 1. The molecule has 20 heavy (non-hydrogen) atoms. The molecule has 1 saturated heterocycles. The fraction of sp³-hybridized carbons (Fsp3) is 0.571. The zero-order chi connectivity index (χ0) is 14.9. The van der Waals surface area contributed by atoms with Crippen LogP contribution in [0.1, 0.15) is 24.0 Å². The second kappa shape index (κ2) is 5.79. The van der Waals surface area contributed by atoms with Crippen LogP contribution in [0.4, 0.5) is 4.39 Å². The lowest BCUT2D eigenvalue weighted by Gasteiger charge is -2.29. The highest BCUT2D eigenvalue weighted by molar-refractivity contribution is 7.89. The van der Waals surface area contributed by atoms with Crippen LogP contribution in [0, 0.1) is 19.7 Å². The molecule has 4 nitrogen and oxygen atoms in total. The minimum absolute atomic E-state index is 0.0416. The molecular formula is C14H21FN2O2S. The molecule has 0 saturated carbocycles. The summed E-state index contributed by atoms with van der Waals surface area (Å²) in [5.74, 6) is -0.404. The molecule has 1 aromatic rings. The maximum atomic E-state index is 13.3. The fourth-order valence-electron chi connectivity index (χ4n) is 2.73. The molecule has 0 unspecified atom stereocenters. The third kappa shape index (κ3) is 3.37. The molecule has 1 fully saturated rings. The van der Waals surface area contributed by atoms with Crippen molar-refractivity contribution in [1.82, 2.24) is 9.62 Å². The van der Waals surface area contributed by atoms with Crippen LogP contribution in [0.15, 0.2) is 17.0 Å². The first kappa shape index (κ1) is 15.4. The molecule has 2 rings (SSSR count). The van der Waals surface area contributed by atoms with E-state index in [9.17, 15) is 12.8 Å². The Labute approximate surface area is 120 Å². The molecule has 1 heterocycles. The van der Waals surface area contributed by atoms with E-state index in [0.717, 1.165) is 25.9 Å². The van der Waals surface area contributed by atoms with E-state index in [0.29, 0.717) is 11.1 Å². The highest BCUT2D eigenvalue weighted by atomic mass is 32.2. The number of piperidine rings is 1. The highest BCUT2D eigenvalue weighted by Gasteiger charge is 2.26. The first-order chi connectivity index (χ1) is 9.29. The van der Waals surface area contributed by atoms with E-state index >= 15 is 0 Å². The summed E-state index contributed by atoms with van der Waals surface area (Å²) in [6.07, 6.45) is 1.60. The van der Waals surface area contributed by atoms with E-state index in [1.165, 1.54) is 12.1 Å². The molecule has 0 spiro atoms. The quantitative estimate of drug-likeness (QED) is 0.926. The van der Waals surface area contributed by atoms with Gasteiger partial charge < -0.3 is 4.90 Å². The molecule has 112 valence electrons. The number of nitrogens with zero attached hydrogens (tertiary/aromatic N) is 1. The lowest BCUT2D eigenvalue weighted by molar-refractivity contribution is 0.248. The van der Waals surface area contributed by atoms with E-state index in [2.05, 4.69) is 9.62 Å². The van der Waals surface area contributed by atoms with Crippen LogP contribution in [-0.4, -0.2) is 39.5 Å². The third-order valence-electron chi connectivity index (χ3n) is 3.73. The van der Waals surface area contributed by atoms with E-state index in [4.69, 9.17) is 0 Å². The number of hydrogen-bond acceptors (Lipinski definition) is 3. The van der Waals surface area contributed by atoms with Crippen molar-refractivity contribution in [3.05, 3.63) is 29.1 Å². The summed E-state index contributed by atoms with van der Waals surface area (Å²) in [7, 11) is -1.56. The fourth-order valence-corrected chi connectivity index (χ4v) is 4.48. The first-order valence-electron chi connectivity index (χ1n) is 6.77. The normalized spacial score (nSPS) is 18.4. The molecule has 1 aliphatic rings. The molecule has 0 aromatic heterocycles. The Morgan fingerprint density at radius 1 is 1.20 bits per heavy atom. The molecule has 1 aromatic carbocycles. The van der Waals surface area contributed by atoms with Gasteiger partial charge in [0.1, 0.15) is 5.82 Å². The zero-order valence-corrected chi connectivity index (χ0v) is 12.9. The summed E-state index contributed by atoms with van der Waals surface area (Å²) in [5, 5.41) is 0. The zero-order valence-electron chi connectivity index (χ0n) is 12.1. The van der Waals surface area contributed by atoms with Crippen LogP contribution in [0.5, 0.6) is 0 Å². The summed E-state index contributed by atoms with van der Waals surface area (Å²) in [5.41, 5.74) is 0.894. The Balaban J connectivity index is 2.23. The molecule has 0 atom stereocenters. The number of rotatable bonds is 3. The number of likely N-dealkylation sites (tertiary alicyclic amines) is 1. The molecule has 0 amide bonds. The minimum atomic E-state index is -3.59. The van der Waals surface area contributed by atoms with Crippen molar-refractivity contribution >= 4 is 10.0 Å². The predicted octanol–water partition coefficient (Wildman–Crippen LogP) is 1.82. The maximum Gasteiger partial charge on any atom is 0.241 e. The average Bonchev–Trinajstić information content (AvgIpc) is 2.30. The van der Waals surface area contributed by atoms with Crippen molar-refractivity contribution in [3.63, 3.8) is 0 Å². The van der Waals surface area contributed by atoms with Crippen LogP contribution in [-0.2, 0) is 10.0 Å². The van der Waals surface area contributed by atoms with Crippen LogP contribution >= 0.6 is 0 Å². The summed E-state index contributed by atoms with van der Waals surface area (Å²) in [6, 6.07) is 2.48. The summed E-state index contributed by atoms with van der Waals surface area (Å²) >= 11 is 0. The molecule has 1 aliphatic heterocycles.